The number of hydrogen-bond acceptors (Lipinski definition) is 1. The third-order valence-corrected chi connectivity index (χ3v) is 2.63. The molecule has 1 aromatic heterocycles. The molecule has 3 heteroatoms. The number of H-pyrrole nitrogens is 1. The van der Waals surface area contributed by atoms with Gasteiger partial charge in [-0.3, -0.25) is 9.49 Å². The van der Waals surface area contributed by atoms with Gasteiger partial charge in [0.2, 0.25) is 0 Å². The average Bonchev–Trinajstić information content (AvgIpc) is 2.98. The molecule has 0 aliphatic rings. The minimum Gasteiger partial charge on any atom is -0.277 e. The first-order chi connectivity index (χ1) is 10.3. The van der Waals surface area contributed by atoms with Gasteiger partial charge in [-0.25, -0.2) is 0 Å². The molecule has 2 nitrogen and oxygen atoms in total. The van der Waals surface area contributed by atoms with Crippen LogP contribution in [0.4, 0.5) is 4.39 Å². The molecular formula is C18H25FN2. The molecular weight excluding hydrogens is 263 g/mol. The number of hydrogen-bond donors (Lipinski definition) is 1. The van der Waals surface area contributed by atoms with Crippen LogP contribution < -0.4 is 0 Å². The third-order valence-electron chi connectivity index (χ3n) is 2.63. The summed E-state index contributed by atoms with van der Waals surface area (Å²) in [5.41, 5.74) is 3.23. The Hall–Kier alpha value is -2.16. The predicted molar refractivity (Wildman–Crippen MR) is 92.1 cm³/mol. The highest BCUT2D eigenvalue weighted by atomic mass is 19.1. The molecule has 0 aliphatic heterocycles. The van der Waals surface area contributed by atoms with Crippen LogP contribution >= 0.6 is 0 Å². The lowest BCUT2D eigenvalue weighted by Crippen LogP contribution is -1.74. The first-order valence-electron chi connectivity index (χ1n) is 7.13. The predicted octanol–water partition coefficient (Wildman–Crippen LogP) is 5.71. The summed E-state index contributed by atoms with van der Waals surface area (Å²) in [6, 6.07) is 8.13. The topological polar surface area (TPSA) is 28.7 Å². The van der Waals surface area contributed by atoms with Crippen molar-refractivity contribution in [1.82, 2.24) is 10.2 Å². The molecule has 0 spiro atoms. The van der Waals surface area contributed by atoms with Gasteiger partial charge in [-0.15, -0.1) is 0 Å². The molecule has 2 rings (SSSR count). The van der Waals surface area contributed by atoms with E-state index in [1.54, 1.807) is 0 Å². The smallest absolute Gasteiger partial charge is 0.0927 e. The van der Waals surface area contributed by atoms with Crippen LogP contribution in [-0.2, 0) is 0 Å². The Morgan fingerprint density at radius 3 is 2.38 bits per heavy atom. The van der Waals surface area contributed by atoms with Crippen molar-refractivity contribution in [3.63, 3.8) is 0 Å². The monoisotopic (exact) mass is 288 g/mol. The second-order valence-corrected chi connectivity index (χ2v) is 3.78. The molecule has 1 N–H and O–H groups in total. The van der Waals surface area contributed by atoms with Gasteiger partial charge in [0.25, 0.3) is 0 Å². The van der Waals surface area contributed by atoms with Crippen LogP contribution in [0, 0.1) is 0 Å². The normalized spacial score (nSPS) is 11.2. The van der Waals surface area contributed by atoms with Crippen molar-refractivity contribution >= 4 is 17.0 Å². The number of para-hydroxylation sites is 1. The van der Waals surface area contributed by atoms with Gasteiger partial charge in [0.1, 0.15) is 0 Å². The number of benzene rings is 1. The molecule has 2 aromatic rings. The van der Waals surface area contributed by atoms with Crippen molar-refractivity contribution in [2.45, 2.75) is 27.7 Å². The number of nitrogens with zero attached hydrogens (tertiary/aromatic N) is 1. The van der Waals surface area contributed by atoms with Crippen molar-refractivity contribution in [2.75, 3.05) is 7.18 Å². The summed E-state index contributed by atoms with van der Waals surface area (Å²) in [5, 5.41) is 8.47. The van der Waals surface area contributed by atoms with E-state index >= 15 is 0 Å². The van der Waals surface area contributed by atoms with Crippen LogP contribution in [0.2, 0.25) is 0 Å². The van der Waals surface area contributed by atoms with Crippen LogP contribution in [0.25, 0.3) is 17.0 Å². The Morgan fingerprint density at radius 2 is 1.76 bits per heavy atom. The first kappa shape index (κ1) is 18.8. The zero-order valence-corrected chi connectivity index (χ0v) is 13.5. The minimum absolute atomic E-state index is 0.500. The maximum Gasteiger partial charge on any atom is 0.0927 e. The molecule has 0 bridgehead atoms. The number of halogens is 1. The summed E-state index contributed by atoms with van der Waals surface area (Å²) in [6.07, 6.45) is 10.3. The zero-order chi connectivity index (χ0) is 16.1. The molecule has 0 radical (unpaired) electrons. The van der Waals surface area contributed by atoms with E-state index in [0.29, 0.717) is 7.18 Å². The fraction of sp³-hybridized carbons (Fsp3) is 0.278. The van der Waals surface area contributed by atoms with Gasteiger partial charge in [-0.05, 0) is 31.6 Å². The number of rotatable bonds is 3. The summed E-state index contributed by atoms with van der Waals surface area (Å²) < 4.78 is 9.50. The SMILES string of the molecule is CC.CF.C\C=C/C(/C=C/c1n[nH]c2ccccc12)=C\C. The molecule has 0 saturated carbocycles. The number of aromatic amines is 1. The molecule has 0 aliphatic carbocycles. The Kier molecular flexibility index (Phi) is 10.5. The van der Waals surface area contributed by atoms with Crippen LogP contribution in [0.1, 0.15) is 33.4 Å². The highest BCUT2D eigenvalue weighted by Gasteiger charge is 2.00. The molecule has 0 atom stereocenters. The fourth-order valence-electron chi connectivity index (χ4n) is 1.73. The van der Waals surface area contributed by atoms with E-state index in [9.17, 15) is 4.39 Å². The van der Waals surface area contributed by atoms with Crippen molar-refractivity contribution in [1.29, 1.82) is 0 Å². The lowest BCUT2D eigenvalue weighted by molar-refractivity contribution is 0.636. The molecule has 1 aromatic carbocycles. The van der Waals surface area contributed by atoms with Gasteiger partial charge < -0.3 is 0 Å². The average molecular weight is 288 g/mol. The quantitative estimate of drug-likeness (QED) is 0.720. The van der Waals surface area contributed by atoms with Gasteiger partial charge in [0.15, 0.2) is 0 Å². The van der Waals surface area contributed by atoms with E-state index in [2.05, 4.69) is 34.5 Å². The number of alkyl halides is 1. The number of fused-ring (bicyclic) bond motifs is 1. The first-order valence-corrected chi connectivity index (χ1v) is 7.13. The van der Waals surface area contributed by atoms with Crippen LogP contribution in [-0.4, -0.2) is 17.4 Å². The standard InChI is InChI=1S/C15H16N2.C2H6.CH3F/c1-3-7-12(4-2)10-11-15-13-8-5-6-9-14(13)16-17-15;2*1-2/h3-11H,1-2H3,(H,16,17);1-2H3;1H3/b7-3-,11-10+,12-4+;;. The van der Waals surface area contributed by atoms with Crippen LogP contribution in [0.5, 0.6) is 0 Å². The molecule has 0 amide bonds. The third kappa shape index (κ3) is 5.78. The van der Waals surface area contributed by atoms with E-state index in [1.807, 2.05) is 58.0 Å². The van der Waals surface area contributed by atoms with E-state index in [-0.39, 0.29) is 0 Å². The Bertz CT molecular complexity index is 592. The minimum atomic E-state index is 0.500. The van der Waals surface area contributed by atoms with Crippen molar-refractivity contribution < 1.29 is 4.39 Å². The summed E-state index contributed by atoms with van der Waals surface area (Å²) in [6.45, 7) is 8.05. The van der Waals surface area contributed by atoms with Gasteiger partial charge in [-0.1, -0.05) is 56.4 Å². The largest absolute Gasteiger partial charge is 0.277 e. The van der Waals surface area contributed by atoms with Crippen LogP contribution in [0.3, 0.4) is 0 Å². The molecule has 0 fully saturated rings. The summed E-state index contributed by atoms with van der Waals surface area (Å²) in [5.74, 6) is 0. The van der Waals surface area contributed by atoms with Gasteiger partial charge >= 0.3 is 0 Å². The Labute approximate surface area is 127 Å². The highest BCUT2D eigenvalue weighted by Crippen LogP contribution is 2.17. The van der Waals surface area contributed by atoms with Crippen molar-refractivity contribution in [3.8, 4) is 0 Å². The molecule has 114 valence electrons. The molecule has 21 heavy (non-hydrogen) atoms. The number of nitrogens with one attached hydrogen (secondary N) is 1. The van der Waals surface area contributed by atoms with Gasteiger partial charge in [-0.2, -0.15) is 5.10 Å². The van der Waals surface area contributed by atoms with E-state index in [0.717, 1.165) is 16.6 Å². The molecule has 1 heterocycles. The van der Waals surface area contributed by atoms with Crippen molar-refractivity contribution in [2.24, 2.45) is 0 Å². The van der Waals surface area contributed by atoms with Gasteiger partial charge in [0, 0.05) is 5.39 Å². The Balaban J connectivity index is 0.000000921. The fourth-order valence-corrected chi connectivity index (χ4v) is 1.73. The van der Waals surface area contributed by atoms with E-state index in [1.165, 1.54) is 5.57 Å². The lowest BCUT2D eigenvalue weighted by Gasteiger charge is -1.91. The lowest BCUT2D eigenvalue weighted by atomic mass is 10.1. The summed E-state index contributed by atoms with van der Waals surface area (Å²) in [7, 11) is 0.500. The van der Waals surface area contributed by atoms with E-state index in [4.69, 9.17) is 0 Å². The summed E-state index contributed by atoms with van der Waals surface area (Å²) >= 11 is 0. The number of aromatic nitrogens is 2. The van der Waals surface area contributed by atoms with E-state index < -0.39 is 0 Å². The maximum absolute atomic E-state index is 9.50. The molecule has 0 unspecified atom stereocenters. The highest BCUT2D eigenvalue weighted by molar-refractivity contribution is 5.86. The molecule has 0 saturated heterocycles. The van der Waals surface area contributed by atoms with Crippen molar-refractivity contribution in [3.05, 3.63) is 59.8 Å². The second kappa shape index (κ2) is 11.6. The van der Waals surface area contributed by atoms with Gasteiger partial charge in [0.05, 0.1) is 18.4 Å². The maximum atomic E-state index is 9.50. The Morgan fingerprint density at radius 1 is 1.10 bits per heavy atom. The van der Waals surface area contributed by atoms with Crippen LogP contribution in [0.15, 0.2) is 54.1 Å². The summed E-state index contributed by atoms with van der Waals surface area (Å²) in [4.78, 5) is 0. The second-order valence-electron chi connectivity index (χ2n) is 3.78. The number of allylic oxidation sites excluding steroid dienone is 5. The zero-order valence-electron chi connectivity index (χ0n) is 13.5.